The van der Waals surface area contributed by atoms with Crippen LogP contribution in [-0.4, -0.2) is 21.1 Å². The highest BCUT2D eigenvalue weighted by Crippen LogP contribution is 2.22. The Hall–Kier alpha value is -1.78. The van der Waals surface area contributed by atoms with Crippen molar-refractivity contribution in [2.45, 2.75) is 33.0 Å². The third-order valence-corrected chi connectivity index (χ3v) is 4.57. The van der Waals surface area contributed by atoms with E-state index in [0.29, 0.717) is 6.54 Å². The Morgan fingerprint density at radius 2 is 1.86 bits per heavy atom. The molecule has 3 rings (SSSR count). The molecule has 1 aromatic heterocycles. The number of pyridine rings is 1. The van der Waals surface area contributed by atoms with E-state index in [0.717, 1.165) is 31.7 Å². The van der Waals surface area contributed by atoms with Crippen LogP contribution in [0.25, 0.3) is 0 Å². The highest BCUT2D eigenvalue weighted by atomic mass is 35.5. The lowest BCUT2D eigenvalue weighted by Crippen LogP contribution is -2.35. The summed E-state index contributed by atoms with van der Waals surface area (Å²) in [5, 5.41) is 9.71. The molecular formula is C17H19ClN2O2. The molecule has 0 spiro atoms. The van der Waals surface area contributed by atoms with Crippen molar-refractivity contribution in [3.8, 4) is 5.75 Å². The molecule has 22 heavy (non-hydrogen) atoms. The number of hydrogen-bond acceptors (Lipinski definition) is 3. The minimum atomic E-state index is -0.484. The first-order valence-corrected chi connectivity index (χ1v) is 7.87. The van der Waals surface area contributed by atoms with Crippen LogP contribution in [0.3, 0.4) is 0 Å². The molecule has 5 heteroatoms. The molecule has 0 atom stereocenters. The van der Waals surface area contributed by atoms with E-state index in [1.807, 2.05) is 4.57 Å². The van der Waals surface area contributed by atoms with Crippen LogP contribution in [-0.2, 0) is 26.1 Å². The molecule has 116 valence electrons. The molecule has 0 bridgehead atoms. The Bertz CT molecular complexity index is 738. The van der Waals surface area contributed by atoms with E-state index < -0.39 is 5.43 Å². The van der Waals surface area contributed by atoms with Crippen molar-refractivity contribution in [1.82, 2.24) is 9.47 Å². The number of benzene rings is 1. The Morgan fingerprint density at radius 1 is 1.18 bits per heavy atom. The number of aromatic hydroxyl groups is 1. The van der Waals surface area contributed by atoms with Gasteiger partial charge in [-0.15, -0.1) is 0 Å². The van der Waals surface area contributed by atoms with Crippen molar-refractivity contribution >= 4 is 11.6 Å². The molecule has 2 aromatic rings. The number of fused-ring (bicyclic) bond motifs is 1. The third-order valence-electron chi connectivity index (χ3n) is 4.18. The predicted molar refractivity (Wildman–Crippen MR) is 87.3 cm³/mol. The monoisotopic (exact) mass is 318 g/mol. The molecule has 0 saturated heterocycles. The lowest BCUT2D eigenvalue weighted by Gasteiger charge is -2.30. The van der Waals surface area contributed by atoms with Crippen LogP contribution < -0.4 is 5.43 Å². The normalized spacial score (nSPS) is 14.8. The van der Waals surface area contributed by atoms with Crippen LogP contribution in [0.4, 0.5) is 0 Å². The van der Waals surface area contributed by atoms with Gasteiger partial charge in [-0.3, -0.25) is 9.69 Å². The highest BCUT2D eigenvalue weighted by molar-refractivity contribution is 6.31. The van der Waals surface area contributed by atoms with Gasteiger partial charge in [0, 0.05) is 26.2 Å². The van der Waals surface area contributed by atoms with E-state index in [1.54, 1.807) is 0 Å². The zero-order valence-electron chi connectivity index (χ0n) is 12.6. The summed E-state index contributed by atoms with van der Waals surface area (Å²) < 4.78 is 1.87. The number of rotatable bonds is 3. The lowest BCUT2D eigenvalue weighted by atomic mass is 10.1. The maximum Gasteiger partial charge on any atom is 0.241 e. The van der Waals surface area contributed by atoms with Gasteiger partial charge in [0.25, 0.3) is 0 Å². The van der Waals surface area contributed by atoms with E-state index in [-0.39, 0.29) is 10.8 Å². The van der Waals surface area contributed by atoms with Gasteiger partial charge in [-0.1, -0.05) is 42.8 Å². The predicted octanol–water partition coefficient (Wildman–Crippen LogP) is 2.79. The third kappa shape index (κ3) is 2.89. The Labute approximate surface area is 134 Å². The van der Waals surface area contributed by atoms with Crippen molar-refractivity contribution in [1.29, 1.82) is 0 Å². The molecule has 0 saturated carbocycles. The molecular weight excluding hydrogens is 300 g/mol. The van der Waals surface area contributed by atoms with Gasteiger partial charge in [0.1, 0.15) is 5.02 Å². The van der Waals surface area contributed by atoms with Crippen molar-refractivity contribution in [3.63, 3.8) is 0 Å². The number of aryl methyl sites for hydroxylation is 1. The smallest absolute Gasteiger partial charge is 0.241 e. The fraction of sp³-hybridized carbons (Fsp3) is 0.353. The summed E-state index contributed by atoms with van der Waals surface area (Å²) in [7, 11) is 0. The zero-order chi connectivity index (χ0) is 15.7. The highest BCUT2D eigenvalue weighted by Gasteiger charge is 2.21. The van der Waals surface area contributed by atoms with Crippen LogP contribution in [0.5, 0.6) is 5.75 Å². The standard InChI is InChI=1S/C17H19ClN2O2/c1-2-12-3-5-13(6-4-12)9-19-7-8-20-11-15(21)17(22)16(18)14(20)10-19/h3-6,11,21H,2,7-10H2,1H3. The molecule has 0 aliphatic carbocycles. The SMILES string of the molecule is CCc1ccc(CN2CCn3cc(O)c(=O)c(Cl)c3C2)cc1. The minimum absolute atomic E-state index is 0.131. The quantitative estimate of drug-likeness (QED) is 0.946. The zero-order valence-corrected chi connectivity index (χ0v) is 13.3. The molecule has 1 aliphatic heterocycles. The summed E-state index contributed by atoms with van der Waals surface area (Å²) in [6.45, 7) is 5.17. The van der Waals surface area contributed by atoms with Crippen molar-refractivity contribution in [2.75, 3.05) is 6.54 Å². The average molecular weight is 319 g/mol. The summed E-state index contributed by atoms with van der Waals surface area (Å²) in [6.07, 6.45) is 2.52. The van der Waals surface area contributed by atoms with Gasteiger partial charge in [-0.05, 0) is 17.5 Å². The maximum absolute atomic E-state index is 11.8. The summed E-state index contributed by atoms with van der Waals surface area (Å²) in [5.41, 5.74) is 2.88. The molecule has 1 aliphatic rings. The number of halogens is 1. The first-order valence-electron chi connectivity index (χ1n) is 7.49. The fourth-order valence-electron chi connectivity index (χ4n) is 2.83. The molecule has 4 nitrogen and oxygen atoms in total. The Balaban J connectivity index is 1.79. The van der Waals surface area contributed by atoms with Gasteiger partial charge in [0.2, 0.25) is 5.43 Å². The van der Waals surface area contributed by atoms with Crippen LogP contribution in [0.1, 0.15) is 23.7 Å². The average Bonchev–Trinajstić information content (AvgIpc) is 2.54. The van der Waals surface area contributed by atoms with E-state index in [9.17, 15) is 9.90 Å². The molecule has 0 amide bonds. The molecule has 0 fully saturated rings. The van der Waals surface area contributed by atoms with Gasteiger partial charge in [0.15, 0.2) is 5.75 Å². The second-order valence-electron chi connectivity index (χ2n) is 5.68. The second-order valence-corrected chi connectivity index (χ2v) is 6.06. The van der Waals surface area contributed by atoms with Gasteiger partial charge >= 0.3 is 0 Å². The van der Waals surface area contributed by atoms with E-state index in [2.05, 4.69) is 36.1 Å². The minimum Gasteiger partial charge on any atom is -0.503 e. The summed E-state index contributed by atoms with van der Waals surface area (Å²) in [5.74, 6) is -0.280. The lowest BCUT2D eigenvalue weighted by molar-refractivity contribution is 0.210. The Kier molecular flexibility index (Phi) is 4.23. The summed E-state index contributed by atoms with van der Waals surface area (Å²) in [4.78, 5) is 14.0. The van der Waals surface area contributed by atoms with Crippen LogP contribution in [0.2, 0.25) is 5.02 Å². The van der Waals surface area contributed by atoms with Crippen LogP contribution in [0.15, 0.2) is 35.3 Å². The van der Waals surface area contributed by atoms with Gasteiger partial charge < -0.3 is 9.67 Å². The van der Waals surface area contributed by atoms with Crippen molar-refractivity contribution in [3.05, 3.63) is 62.5 Å². The second kappa shape index (κ2) is 6.15. The fourth-order valence-corrected chi connectivity index (χ4v) is 3.09. The van der Waals surface area contributed by atoms with E-state index >= 15 is 0 Å². The first-order chi connectivity index (χ1) is 10.6. The molecule has 1 aromatic carbocycles. The summed E-state index contributed by atoms with van der Waals surface area (Å²) in [6, 6.07) is 8.61. The molecule has 0 unspecified atom stereocenters. The van der Waals surface area contributed by atoms with Crippen molar-refractivity contribution in [2.24, 2.45) is 0 Å². The molecule has 1 N–H and O–H groups in total. The van der Waals surface area contributed by atoms with Gasteiger partial charge in [0.05, 0.1) is 11.9 Å². The van der Waals surface area contributed by atoms with Gasteiger partial charge in [-0.25, -0.2) is 0 Å². The molecule has 0 radical (unpaired) electrons. The number of hydrogen-bond donors (Lipinski definition) is 1. The molecule has 2 heterocycles. The van der Waals surface area contributed by atoms with Gasteiger partial charge in [-0.2, -0.15) is 0 Å². The van der Waals surface area contributed by atoms with Crippen LogP contribution >= 0.6 is 11.6 Å². The topological polar surface area (TPSA) is 45.5 Å². The number of aromatic nitrogens is 1. The summed E-state index contributed by atoms with van der Waals surface area (Å²) >= 11 is 6.10. The van der Waals surface area contributed by atoms with Crippen LogP contribution in [0, 0.1) is 0 Å². The largest absolute Gasteiger partial charge is 0.503 e. The van der Waals surface area contributed by atoms with E-state index in [4.69, 9.17) is 11.6 Å². The number of nitrogens with zero attached hydrogens (tertiary/aromatic N) is 2. The van der Waals surface area contributed by atoms with Crippen molar-refractivity contribution < 1.29 is 5.11 Å². The maximum atomic E-state index is 11.8. The Morgan fingerprint density at radius 3 is 2.55 bits per heavy atom. The first kappa shape index (κ1) is 15.1. The van der Waals surface area contributed by atoms with E-state index in [1.165, 1.54) is 17.3 Å².